The van der Waals surface area contributed by atoms with Gasteiger partial charge in [0, 0.05) is 15.9 Å². The van der Waals surface area contributed by atoms with Gasteiger partial charge in [0.2, 0.25) is 0 Å². The molecule has 140 valence electrons. The number of aromatic nitrogens is 1. The number of carbonyl (C=O) groups is 2. The minimum absolute atomic E-state index is 0.122. The van der Waals surface area contributed by atoms with Crippen molar-refractivity contribution >= 4 is 39.5 Å². The molecule has 0 bridgehead atoms. The number of hydrogen-bond donors (Lipinski definition) is 1. The summed E-state index contributed by atoms with van der Waals surface area (Å²) in [4.78, 5) is 25.3. The summed E-state index contributed by atoms with van der Waals surface area (Å²) in [5.41, 5.74) is 7.20. The Labute approximate surface area is 171 Å². The van der Waals surface area contributed by atoms with Crippen LogP contribution >= 0.6 is 15.9 Å². The van der Waals surface area contributed by atoms with Gasteiger partial charge in [-0.25, -0.2) is 5.01 Å². The molecule has 1 N–H and O–H groups in total. The Morgan fingerprint density at radius 2 is 1.64 bits per heavy atom. The van der Waals surface area contributed by atoms with Crippen molar-refractivity contribution in [2.45, 2.75) is 13.8 Å². The molecule has 1 aliphatic heterocycles. The van der Waals surface area contributed by atoms with E-state index >= 15 is 0 Å². The predicted octanol–water partition coefficient (Wildman–Crippen LogP) is 4.32. The summed E-state index contributed by atoms with van der Waals surface area (Å²) in [6, 6.07) is 19.0. The summed E-state index contributed by atoms with van der Waals surface area (Å²) in [5.74, 6) is -0.763. The molecule has 2 heterocycles. The molecule has 0 aliphatic carbocycles. The first-order valence-corrected chi connectivity index (χ1v) is 9.62. The second-order valence-corrected chi connectivity index (χ2v) is 7.44. The second kappa shape index (κ2) is 7.13. The van der Waals surface area contributed by atoms with Crippen LogP contribution in [0.25, 0.3) is 11.8 Å². The van der Waals surface area contributed by atoms with Crippen molar-refractivity contribution in [3.63, 3.8) is 0 Å². The lowest BCUT2D eigenvalue weighted by Gasteiger charge is -2.13. The number of aryl methyl sites for hydroxylation is 1. The fourth-order valence-electron chi connectivity index (χ4n) is 3.41. The largest absolute Gasteiger partial charge is 0.317 e. The fourth-order valence-corrected chi connectivity index (χ4v) is 3.87. The normalized spacial score (nSPS) is 15.4. The first kappa shape index (κ1) is 18.3. The molecule has 5 nitrogen and oxygen atoms in total. The molecule has 3 aromatic rings. The third-order valence-electron chi connectivity index (χ3n) is 4.77. The zero-order chi connectivity index (χ0) is 19.8. The van der Waals surface area contributed by atoms with Crippen LogP contribution in [0.5, 0.6) is 0 Å². The standard InChI is InChI=1S/C22H18BrN3O2/c1-14-12-16(15(2)25(14)20-11-7-6-10-19(20)23)13-18-21(27)24-26(22(18)28)17-8-4-3-5-9-17/h3-13H,1-2H3,(H,24,27). The molecule has 0 radical (unpaired) electrons. The number of halogens is 1. The second-order valence-electron chi connectivity index (χ2n) is 6.59. The van der Waals surface area contributed by atoms with Gasteiger partial charge in [0.1, 0.15) is 5.57 Å². The van der Waals surface area contributed by atoms with Gasteiger partial charge in [-0.3, -0.25) is 15.0 Å². The van der Waals surface area contributed by atoms with Crippen LogP contribution in [0.4, 0.5) is 5.69 Å². The summed E-state index contributed by atoms with van der Waals surface area (Å²) in [6.07, 6.45) is 1.66. The Hall–Kier alpha value is -3.12. The zero-order valence-corrected chi connectivity index (χ0v) is 17.0. The van der Waals surface area contributed by atoms with Crippen molar-refractivity contribution in [2.75, 3.05) is 5.01 Å². The van der Waals surface area contributed by atoms with Gasteiger partial charge in [0.15, 0.2) is 0 Å². The molecule has 1 aliphatic rings. The summed E-state index contributed by atoms with van der Waals surface area (Å²) in [5, 5.41) is 1.28. The van der Waals surface area contributed by atoms with Gasteiger partial charge in [-0.1, -0.05) is 30.3 Å². The van der Waals surface area contributed by atoms with Gasteiger partial charge in [-0.2, -0.15) is 0 Å². The van der Waals surface area contributed by atoms with E-state index in [0.717, 1.165) is 27.1 Å². The molecule has 2 aromatic carbocycles. The topological polar surface area (TPSA) is 54.3 Å². The monoisotopic (exact) mass is 435 g/mol. The number of amides is 2. The molecular formula is C22H18BrN3O2. The highest BCUT2D eigenvalue weighted by Gasteiger charge is 2.34. The number of carbonyl (C=O) groups excluding carboxylic acids is 2. The molecule has 1 saturated heterocycles. The molecule has 28 heavy (non-hydrogen) atoms. The molecule has 1 fully saturated rings. The first-order valence-electron chi connectivity index (χ1n) is 8.83. The quantitative estimate of drug-likeness (QED) is 0.491. The number of para-hydroxylation sites is 2. The third kappa shape index (κ3) is 3.05. The van der Waals surface area contributed by atoms with Gasteiger partial charge in [-0.05, 0) is 71.7 Å². The van der Waals surface area contributed by atoms with E-state index < -0.39 is 5.91 Å². The summed E-state index contributed by atoms with van der Waals surface area (Å²) in [7, 11) is 0. The highest BCUT2D eigenvalue weighted by molar-refractivity contribution is 9.10. The third-order valence-corrected chi connectivity index (χ3v) is 5.44. The van der Waals surface area contributed by atoms with Crippen LogP contribution in [0.15, 0.2) is 70.7 Å². The number of hydrogen-bond acceptors (Lipinski definition) is 2. The molecule has 0 saturated carbocycles. The Morgan fingerprint density at radius 1 is 0.964 bits per heavy atom. The summed E-state index contributed by atoms with van der Waals surface area (Å²) in [6.45, 7) is 3.98. The van der Waals surface area contributed by atoms with E-state index in [1.807, 2.05) is 62.4 Å². The van der Waals surface area contributed by atoms with Gasteiger partial charge >= 0.3 is 0 Å². The molecule has 0 unspecified atom stereocenters. The van der Waals surface area contributed by atoms with Gasteiger partial charge < -0.3 is 4.57 Å². The van der Waals surface area contributed by atoms with Crippen molar-refractivity contribution in [1.29, 1.82) is 0 Å². The molecule has 0 atom stereocenters. The van der Waals surface area contributed by atoms with Crippen molar-refractivity contribution in [2.24, 2.45) is 0 Å². The van der Waals surface area contributed by atoms with E-state index in [1.54, 1.807) is 18.2 Å². The lowest BCUT2D eigenvalue weighted by molar-refractivity contribution is -0.117. The smallest absolute Gasteiger partial charge is 0.282 e. The molecule has 2 amide bonds. The van der Waals surface area contributed by atoms with Crippen LogP contribution in [-0.4, -0.2) is 16.4 Å². The molecule has 4 rings (SSSR count). The number of benzene rings is 2. The maximum atomic E-state index is 12.8. The van der Waals surface area contributed by atoms with E-state index in [0.29, 0.717) is 5.69 Å². The number of nitrogens with zero attached hydrogens (tertiary/aromatic N) is 2. The number of rotatable bonds is 3. The van der Waals surface area contributed by atoms with E-state index in [9.17, 15) is 9.59 Å². The van der Waals surface area contributed by atoms with Gasteiger partial charge in [-0.15, -0.1) is 0 Å². The average Bonchev–Trinajstić information content (AvgIpc) is 3.13. The minimum atomic E-state index is -0.403. The van der Waals surface area contributed by atoms with Crippen molar-refractivity contribution in [3.05, 3.63) is 87.7 Å². The van der Waals surface area contributed by atoms with Crippen LogP contribution in [0, 0.1) is 13.8 Å². The average molecular weight is 436 g/mol. The van der Waals surface area contributed by atoms with E-state index in [2.05, 4.69) is 25.9 Å². The lowest BCUT2D eigenvalue weighted by Crippen LogP contribution is -2.35. The maximum absolute atomic E-state index is 12.8. The SMILES string of the molecule is Cc1cc(C=C2C(=O)NN(c3ccccc3)C2=O)c(C)n1-c1ccccc1Br. The van der Waals surface area contributed by atoms with Crippen LogP contribution in [0.2, 0.25) is 0 Å². The van der Waals surface area contributed by atoms with Crippen LogP contribution in [-0.2, 0) is 9.59 Å². The fraction of sp³-hybridized carbons (Fsp3) is 0.0909. The Balaban J connectivity index is 1.74. The molecular weight excluding hydrogens is 418 g/mol. The Bertz CT molecular complexity index is 1120. The number of anilines is 1. The lowest BCUT2D eigenvalue weighted by atomic mass is 10.1. The van der Waals surface area contributed by atoms with Crippen LogP contribution in [0.3, 0.4) is 0 Å². The van der Waals surface area contributed by atoms with Crippen molar-refractivity contribution < 1.29 is 9.59 Å². The molecule has 0 spiro atoms. The van der Waals surface area contributed by atoms with Crippen LogP contribution < -0.4 is 10.4 Å². The van der Waals surface area contributed by atoms with Crippen molar-refractivity contribution in [1.82, 2.24) is 9.99 Å². The van der Waals surface area contributed by atoms with E-state index in [1.165, 1.54) is 5.01 Å². The van der Waals surface area contributed by atoms with Gasteiger partial charge in [0.05, 0.1) is 11.4 Å². The highest BCUT2D eigenvalue weighted by Crippen LogP contribution is 2.29. The van der Waals surface area contributed by atoms with Crippen LogP contribution in [0.1, 0.15) is 17.0 Å². The zero-order valence-electron chi connectivity index (χ0n) is 15.4. The first-order chi connectivity index (χ1) is 13.5. The Kier molecular flexibility index (Phi) is 4.65. The number of hydrazine groups is 1. The van der Waals surface area contributed by atoms with Crippen molar-refractivity contribution in [3.8, 4) is 5.69 Å². The summed E-state index contributed by atoms with van der Waals surface area (Å²) >= 11 is 3.59. The highest BCUT2D eigenvalue weighted by atomic mass is 79.9. The Morgan fingerprint density at radius 3 is 2.36 bits per heavy atom. The molecule has 1 aromatic heterocycles. The summed E-state index contributed by atoms with van der Waals surface area (Å²) < 4.78 is 3.07. The predicted molar refractivity (Wildman–Crippen MR) is 113 cm³/mol. The minimum Gasteiger partial charge on any atom is -0.317 e. The maximum Gasteiger partial charge on any atom is 0.282 e. The van der Waals surface area contributed by atoms with E-state index in [-0.39, 0.29) is 11.5 Å². The number of nitrogens with one attached hydrogen (secondary N) is 1. The van der Waals surface area contributed by atoms with E-state index in [4.69, 9.17) is 0 Å². The van der Waals surface area contributed by atoms with Gasteiger partial charge in [0.25, 0.3) is 11.8 Å². The molecule has 6 heteroatoms.